The standard InChI is InChI=1S/C23H25F3N4O/c1-3-18-12-20(23(24,25)26)30-21(27-18)13-19(28-30)17-10-7-11-29(14-17)22(31)15(2)16-8-5-4-6-9-16/h4-6,8-9,12-13,15,17H,3,7,10-11,14H2,1-2H3/t15-,17-/m0/s1. The fourth-order valence-electron chi connectivity index (χ4n) is 4.20. The van der Waals surface area contributed by atoms with E-state index in [4.69, 9.17) is 0 Å². The summed E-state index contributed by atoms with van der Waals surface area (Å²) in [5.74, 6) is -0.359. The van der Waals surface area contributed by atoms with E-state index in [0.717, 1.165) is 29.0 Å². The van der Waals surface area contributed by atoms with Gasteiger partial charge in [0, 0.05) is 30.8 Å². The number of hydrogen-bond donors (Lipinski definition) is 0. The Bertz CT molecular complexity index is 1080. The third kappa shape index (κ3) is 4.29. The maximum atomic E-state index is 13.6. The first kappa shape index (κ1) is 21.3. The van der Waals surface area contributed by atoms with E-state index in [9.17, 15) is 18.0 Å². The largest absolute Gasteiger partial charge is 0.433 e. The number of aryl methyl sites for hydroxylation is 1. The third-order valence-corrected chi connectivity index (χ3v) is 5.97. The molecule has 0 bridgehead atoms. The zero-order valence-corrected chi connectivity index (χ0v) is 17.6. The number of likely N-dealkylation sites (tertiary alicyclic amines) is 1. The van der Waals surface area contributed by atoms with Crippen LogP contribution in [0, 0.1) is 0 Å². The molecule has 0 N–H and O–H groups in total. The highest BCUT2D eigenvalue weighted by molar-refractivity contribution is 5.83. The topological polar surface area (TPSA) is 50.5 Å². The van der Waals surface area contributed by atoms with Gasteiger partial charge in [0.2, 0.25) is 5.91 Å². The number of amides is 1. The summed E-state index contributed by atoms with van der Waals surface area (Å²) >= 11 is 0. The molecule has 0 radical (unpaired) electrons. The first-order chi connectivity index (χ1) is 14.8. The van der Waals surface area contributed by atoms with Crippen LogP contribution in [0.5, 0.6) is 0 Å². The van der Waals surface area contributed by atoms with Crippen molar-refractivity contribution < 1.29 is 18.0 Å². The molecule has 3 heterocycles. The Kier molecular flexibility index (Phi) is 5.73. The van der Waals surface area contributed by atoms with Gasteiger partial charge in [-0.15, -0.1) is 0 Å². The normalized spacial score (nSPS) is 18.4. The molecule has 1 fully saturated rings. The van der Waals surface area contributed by atoms with E-state index < -0.39 is 11.9 Å². The van der Waals surface area contributed by atoms with Crippen molar-refractivity contribution in [3.63, 3.8) is 0 Å². The van der Waals surface area contributed by atoms with Crippen molar-refractivity contribution in [3.8, 4) is 0 Å². The number of nitrogens with zero attached hydrogens (tertiary/aromatic N) is 4. The molecule has 1 saturated heterocycles. The van der Waals surface area contributed by atoms with Crippen molar-refractivity contribution in [2.24, 2.45) is 0 Å². The summed E-state index contributed by atoms with van der Waals surface area (Å²) in [5.41, 5.74) is 1.26. The zero-order valence-electron chi connectivity index (χ0n) is 17.6. The van der Waals surface area contributed by atoms with E-state index in [-0.39, 0.29) is 23.4 Å². The van der Waals surface area contributed by atoms with E-state index in [1.807, 2.05) is 42.2 Å². The molecule has 3 aromatic rings. The highest BCUT2D eigenvalue weighted by atomic mass is 19.4. The first-order valence-corrected chi connectivity index (χ1v) is 10.6. The van der Waals surface area contributed by atoms with E-state index in [2.05, 4.69) is 10.1 Å². The zero-order chi connectivity index (χ0) is 22.2. The van der Waals surface area contributed by atoms with Crippen LogP contribution in [0.15, 0.2) is 42.5 Å². The molecule has 1 aliphatic rings. The lowest BCUT2D eigenvalue weighted by atomic mass is 9.92. The van der Waals surface area contributed by atoms with E-state index >= 15 is 0 Å². The van der Waals surface area contributed by atoms with Crippen molar-refractivity contribution in [2.75, 3.05) is 13.1 Å². The summed E-state index contributed by atoms with van der Waals surface area (Å²) in [7, 11) is 0. The Morgan fingerprint density at radius 2 is 1.97 bits per heavy atom. The monoisotopic (exact) mass is 430 g/mol. The minimum Gasteiger partial charge on any atom is -0.342 e. The molecule has 1 aliphatic heterocycles. The molecule has 4 rings (SSSR count). The molecule has 2 atom stereocenters. The van der Waals surface area contributed by atoms with Crippen LogP contribution in [0.3, 0.4) is 0 Å². The Balaban J connectivity index is 1.60. The molecule has 0 spiro atoms. The second-order valence-corrected chi connectivity index (χ2v) is 8.08. The van der Waals surface area contributed by atoms with Crippen LogP contribution in [-0.2, 0) is 17.4 Å². The number of piperidine rings is 1. The second-order valence-electron chi connectivity index (χ2n) is 8.08. The Morgan fingerprint density at radius 1 is 1.23 bits per heavy atom. The molecule has 5 nitrogen and oxygen atoms in total. The maximum Gasteiger partial charge on any atom is 0.433 e. The fraction of sp³-hybridized carbons (Fsp3) is 0.435. The van der Waals surface area contributed by atoms with Crippen molar-refractivity contribution in [1.29, 1.82) is 0 Å². The van der Waals surface area contributed by atoms with Crippen LogP contribution in [-0.4, -0.2) is 38.5 Å². The number of rotatable bonds is 4. The quantitative estimate of drug-likeness (QED) is 0.596. The van der Waals surface area contributed by atoms with Crippen LogP contribution < -0.4 is 0 Å². The number of carbonyl (C=O) groups is 1. The van der Waals surface area contributed by atoms with Crippen molar-refractivity contribution in [3.05, 3.63) is 65.1 Å². The molecule has 2 aromatic heterocycles. The summed E-state index contributed by atoms with van der Waals surface area (Å²) in [5, 5.41) is 4.27. The van der Waals surface area contributed by atoms with Gasteiger partial charge >= 0.3 is 6.18 Å². The van der Waals surface area contributed by atoms with Gasteiger partial charge in [-0.1, -0.05) is 37.3 Å². The molecular formula is C23H25F3N4O. The lowest BCUT2D eigenvalue weighted by Gasteiger charge is -2.33. The molecule has 1 aromatic carbocycles. The Hall–Kier alpha value is -2.90. The molecule has 0 unspecified atom stereocenters. The summed E-state index contributed by atoms with van der Waals surface area (Å²) in [6.07, 6.45) is -2.56. The molecule has 8 heteroatoms. The Labute approximate surface area is 178 Å². The summed E-state index contributed by atoms with van der Waals surface area (Å²) < 4.78 is 41.6. The summed E-state index contributed by atoms with van der Waals surface area (Å²) in [6, 6.07) is 12.3. The number of halogens is 3. The number of alkyl halides is 3. The predicted octanol–water partition coefficient (Wildman–Crippen LogP) is 4.82. The molecular weight excluding hydrogens is 405 g/mol. The molecule has 31 heavy (non-hydrogen) atoms. The number of fused-ring (bicyclic) bond motifs is 1. The van der Waals surface area contributed by atoms with Crippen molar-refractivity contribution >= 4 is 11.6 Å². The lowest BCUT2D eigenvalue weighted by molar-refractivity contribution is -0.142. The van der Waals surface area contributed by atoms with Crippen LogP contribution in [0.4, 0.5) is 13.2 Å². The van der Waals surface area contributed by atoms with Gasteiger partial charge in [0.05, 0.1) is 11.6 Å². The SMILES string of the molecule is CCc1cc(C(F)(F)F)n2nc([C@H]3CCCN(C(=O)[C@@H](C)c4ccccc4)C3)cc2n1. The summed E-state index contributed by atoms with van der Waals surface area (Å²) in [6.45, 7) is 4.75. The smallest absolute Gasteiger partial charge is 0.342 e. The highest BCUT2D eigenvalue weighted by Crippen LogP contribution is 2.33. The average molecular weight is 430 g/mol. The van der Waals surface area contributed by atoms with Gasteiger partial charge in [-0.2, -0.15) is 18.3 Å². The molecule has 0 aliphatic carbocycles. The number of aromatic nitrogens is 3. The second kappa shape index (κ2) is 8.32. The van der Waals surface area contributed by atoms with Crippen LogP contribution in [0.1, 0.15) is 61.2 Å². The molecule has 0 saturated carbocycles. The van der Waals surface area contributed by atoms with Crippen molar-refractivity contribution in [2.45, 2.75) is 51.1 Å². The Morgan fingerprint density at radius 3 is 2.65 bits per heavy atom. The van der Waals surface area contributed by atoms with Gasteiger partial charge in [-0.05, 0) is 37.8 Å². The van der Waals surface area contributed by atoms with Gasteiger partial charge in [-0.3, -0.25) is 4.79 Å². The van der Waals surface area contributed by atoms with Gasteiger partial charge in [0.25, 0.3) is 0 Å². The van der Waals surface area contributed by atoms with Gasteiger partial charge in [0.15, 0.2) is 5.65 Å². The van der Waals surface area contributed by atoms with Crippen LogP contribution in [0.25, 0.3) is 5.65 Å². The summed E-state index contributed by atoms with van der Waals surface area (Å²) in [4.78, 5) is 19.2. The van der Waals surface area contributed by atoms with Crippen molar-refractivity contribution in [1.82, 2.24) is 19.5 Å². The average Bonchev–Trinajstić information content (AvgIpc) is 3.21. The van der Waals surface area contributed by atoms with E-state index in [1.165, 1.54) is 0 Å². The van der Waals surface area contributed by atoms with Gasteiger partial charge in [0.1, 0.15) is 5.69 Å². The number of carbonyl (C=O) groups excluding carboxylic acids is 1. The lowest BCUT2D eigenvalue weighted by Crippen LogP contribution is -2.41. The first-order valence-electron chi connectivity index (χ1n) is 10.6. The molecule has 1 amide bonds. The highest BCUT2D eigenvalue weighted by Gasteiger charge is 2.36. The predicted molar refractivity (Wildman–Crippen MR) is 111 cm³/mol. The van der Waals surface area contributed by atoms with Gasteiger partial charge in [-0.25, -0.2) is 9.50 Å². The maximum absolute atomic E-state index is 13.6. The minimum absolute atomic E-state index is 0.0297. The minimum atomic E-state index is -4.52. The van der Waals surface area contributed by atoms with E-state index in [1.54, 1.807) is 13.0 Å². The van der Waals surface area contributed by atoms with E-state index in [0.29, 0.717) is 30.9 Å². The third-order valence-electron chi connectivity index (χ3n) is 5.97. The molecule has 164 valence electrons. The fourth-order valence-corrected chi connectivity index (χ4v) is 4.20. The van der Waals surface area contributed by atoms with Crippen LogP contribution >= 0.6 is 0 Å². The number of hydrogen-bond acceptors (Lipinski definition) is 3. The van der Waals surface area contributed by atoms with Crippen LogP contribution in [0.2, 0.25) is 0 Å². The number of benzene rings is 1. The van der Waals surface area contributed by atoms with Gasteiger partial charge < -0.3 is 4.90 Å².